The third kappa shape index (κ3) is 2.85. The number of nitrogens with one attached hydrogen (secondary N) is 1. The third-order valence-electron chi connectivity index (χ3n) is 2.82. The number of amides is 1. The number of carbonyl (C=O) groups excluding carboxylic acids is 1. The Morgan fingerprint density at radius 1 is 1.16 bits per heavy atom. The zero-order valence-corrected chi connectivity index (χ0v) is 11.1. The zero-order chi connectivity index (χ0) is 14.0. The number of aryl methyl sites for hydroxylation is 3. The number of nitrogens with zero attached hydrogens (tertiary/aromatic N) is 3. The van der Waals surface area contributed by atoms with Crippen LogP contribution in [-0.4, -0.2) is 21.1 Å². The molecule has 0 fully saturated rings. The highest BCUT2D eigenvalue weighted by Gasteiger charge is 2.12. The Labute approximate surface area is 111 Å². The van der Waals surface area contributed by atoms with Crippen molar-refractivity contribution in [3.05, 3.63) is 40.7 Å². The highest BCUT2D eigenvalue weighted by Crippen LogP contribution is 2.14. The second-order valence-corrected chi connectivity index (χ2v) is 4.33. The fourth-order valence-corrected chi connectivity index (χ4v) is 1.56. The Balaban J connectivity index is 2.25. The number of rotatable bonds is 2. The largest absolute Gasteiger partial charge is 0.399 e. The number of anilines is 2. The van der Waals surface area contributed by atoms with Crippen molar-refractivity contribution >= 4 is 17.5 Å². The van der Waals surface area contributed by atoms with Crippen LogP contribution in [-0.2, 0) is 0 Å². The van der Waals surface area contributed by atoms with Gasteiger partial charge in [0, 0.05) is 11.3 Å². The Morgan fingerprint density at radius 2 is 1.89 bits per heavy atom. The minimum Gasteiger partial charge on any atom is -0.399 e. The van der Waals surface area contributed by atoms with Gasteiger partial charge in [0.15, 0.2) is 0 Å². The van der Waals surface area contributed by atoms with Crippen molar-refractivity contribution in [3.63, 3.8) is 0 Å². The van der Waals surface area contributed by atoms with E-state index in [1.165, 1.54) is 0 Å². The normalized spacial score (nSPS) is 10.3. The Hall–Kier alpha value is -2.50. The Morgan fingerprint density at radius 3 is 2.58 bits per heavy atom. The molecule has 1 aromatic carbocycles. The fraction of sp³-hybridized carbons (Fsp3) is 0.231. The van der Waals surface area contributed by atoms with Gasteiger partial charge in [-0.3, -0.25) is 10.1 Å². The van der Waals surface area contributed by atoms with E-state index in [1.807, 2.05) is 20.8 Å². The molecule has 0 bridgehead atoms. The first kappa shape index (κ1) is 12.9. The molecule has 6 nitrogen and oxygen atoms in total. The van der Waals surface area contributed by atoms with Crippen molar-refractivity contribution in [1.82, 2.24) is 15.2 Å². The molecule has 19 heavy (non-hydrogen) atoms. The number of hydrogen-bond donors (Lipinski definition) is 2. The summed E-state index contributed by atoms with van der Waals surface area (Å²) in [5.41, 5.74) is 9.02. The van der Waals surface area contributed by atoms with E-state index in [9.17, 15) is 4.79 Å². The van der Waals surface area contributed by atoms with Gasteiger partial charge in [0.2, 0.25) is 5.95 Å². The predicted octanol–water partition coefficient (Wildman–Crippen LogP) is 1.63. The summed E-state index contributed by atoms with van der Waals surface area (Å²) in [6.45, 7) is 5.46. The summed E-state index contributed by atoms with van der Waals surface area (Å²) in [7, 11) is 0. The molecule has 0 atom stereocenters. The average molecular weight is 257 g/mol. The van der Waals surface area contributed by atoms with Gasteiger partial charge in [0.1, 0.15) is 0 Å². The molecule has 1 aromatic heterocycles. The van der Waals surface area contributed by atoms with Crippen molar-refractivity contribution in [2.45, 2.75) is 20.8 Å². The standard InChI is InChI=1S/C13H15N5O/c1-7-4-5-10(14)6-11(7)12(19)16-13-15-8(2)9(3)17-18-13/h4-6H,14H2,1-3H3,(H,15,16,18,19). The van der Waals surface area contributed by atoms with Crippen LogP contribution < -0.4 is 11.1 Å². The van der Waals surface area contributed by atoms with Gasteiger partial charge in [-0.2, -0.15) is 5.10 Å². The van der Waals surface area contributed by atoms with Crippen molar-refractivity contribution in [3.8, 4) is 0 Å². The first-order valence-corrected chi connectivity index (χ1v) is 5.83. The van der Waals surface area contributed by atoms with Crippen LogP contribution >= 0.6 is 0 Å². The van der Waals surface area contributed by atoms with Gasteiger partial charge in [0.05, 0.1) is 11.4 Å². The highest BCUT2D eigenvalue weighted by atomic mass is 16.1. The predicted molar refractivity (Wildman–Crippen MR) is 72.8 cm³/mol. The maximum absolute atomic E-state index is 12.1. The van der Waals surface area contributed by atoms with Crippen LogP contribution in [0.5, 0.6) is 0 Å². The lowest BCUT2D eigenvalue weighted by atomic mass is 10.1. The van der Waals surface area contributed by atoms with E-state index in [0.717, 1.165) is 17.0 Å². The maximum atomic E-state index is 12.1. The van der Waals surface area contributed by atoms with Crippen LogP contribution in [0, 0.1) is 20.8 Å². The molecule has 6 heteroatoms. The van der Waals surface area contributed by atoms with Crippen molar-refractivity contribution < 1.29 is 4.79 Å². The SMILES string of the molecule is Cc1ccc(N)cc1C(=O)Nc1nnc(C)c(C)n1. The summed E-state index contributed by atoms with van der Waals surface area (Å²) in [6, 6.07) is 5.17. The first-order valence-electron chi connectivity index (χ1n) is 5.83. The summed E-state index contributed by atoms with van der Waals surface area (Å²) in [5, 5.41) is 10.4. The van der Waals surface area contributed by atoms with E-state index in [1.54, 1.807) is 18.2 Å². The van der Waals surface area contributed by atoms with E-state index in [0.29, 0.717) is 11.3 Å². The van der Waals surface area contributed by atoms with Gasteiger partial charge in [-0.1, -0.05) is 6.07 Å². The minimum atomic E-state index is -0.296. The Bertz CT molecular complexity index is 639. The highest BCUT2D eigenvalue weighted by molar-refractivity contribution is 6.04. The number of nitrogen functional groups attached to an aromatic ring is 1. The smallest absolute Gasteiger partial charge is 0.258 e. The fourth-order valence-electron chi connectivity index (χ4n) is 1.56. The van der Waals surface area contributed by atoms with Crippen LogP contribution in [0.4, 0.5) is 11.6 Å². The second kappa shape index (κ2) is 5.01. The molecule has 0 saturated heterocycles. The second-order valence-electron chi connectivity index (χ2n) is 4.33. The monoisotopic (exact) mass is 257 g/mol. The van der Waals surface area contributed by atoms with Crippen molar-refractivity contribution in [2.75, 3.05) is 11.1 Å². The van der Waals surface area contributed by atoms with E-state index in [2.05, 4.69) is 20.5 Å². The van der Waals surface area contributed by atoms with Crippen LogP contribution in [0.15, 0.2) is 18.2 Å². The molecule has 3 N–H and O–H groups in total. The van der Waals surface area contributed by atoms with E-state index in [4.69, 9.17) is 5.73 Å². The van der Waals surface area contributed by atoms with Crippen LogP contribution in [0.2, 0.25) is 0 Å². The van der Waals surface area contributed by atoms with Crippen LogP contribution in [0.25, 0.3) is 0 Å². The molecule has 0 saturated carbocycles. The molecular formula is C13H15N5O. The molecule has 0 aliphatic rings. The zero-order valence-electron chi connectivity index (χ0n) is 11.1. The van der Waals surface area contributed by atoms with Gasteiger partial charge in [-0.15, -0.1) is 5.10 Å². The first-order chi connectivity index (χ1) is 8.97. The van der Waals surface area contributed by atoms with Crippen LogP contribution in [0.3, 0.4) is 0 Å². The summed E-state index contributed by atoms with van der Waals surface area (Å²) in [5.74, 6) is -0.107. The number of benzene rings is 1. The number of hydrogen-bond acceptors (Lipinski definition) is 5. The molecule has 98 valence electrons. The molecule has 1 heterocycles. The lowest BCUT2D eigenvalue weighted by Crippen LogP contribution is -2.17. The molecule has 0 spiro atoms. The molecule has 2 aromatic rings. The third-order valence-corrected chi connectivity index (χ3v) is 2.82. The molecule has 0 aliphatic carbocycles. The van der Waals surface area contributed by atoms with E-state index in [-0.39, 0.29) is 11.9 Å². The van der Waals surface area contributed by atoms with Gasteiger partial charge < -0.3 is 5.73 Å². The molecule has 0 unspecified atom stereocenters. The number of aromatic nitrogens is 3. The van der Waals surface area contributed by atoms with E-state index < -0.39 is 0 Å². The van der Waals surface area contributed by atoms with Gasteiger partial charge in [-0.05, 0) is 38.5 Å². The number of carbonyl (C=O) groups is 1. The lowest BCUT2D eigenvalue weighted by molar-refractivity contribution is 0.102. The van der Waals surface area contributed by atoms with Gasteiger partial charge >= 0.3 is 0 Å². The van der Waals surface area contributed by atoms with Crippen molar-refractivity contribution in [2.24, 2.45) is 0 Å². The summed E-state index contributed by atoms with van der Waals surface area (Å²) in [4.78, 5) is 16.3. The topological polar surface area (TPSA) is 93.8 Å². The van der Waals surface area contributed by atoms with Crippen molar-refractivity contribution in [1.29, 1.82) is 0 Å². The molecule has 2 rings (SSSR count). The summed E-state index contributed by atoms with van der Waals surface area (Å²) >= 11 is 0. The molecule has 0 aliphatic heterocycles. The van der Waals surface area contributed by atoms with Gasteiger partial charge in [0.25, 0.3) is 5.91 Å². The summed E-state index contributed by atoms with van der Waals surface area (Å²) < 4.78 is 0. The Kier molecular flexibility index (Phi) is 3.41. The molecule has 1 amide bonds. The molecular weight excluding hydrogens is 242 g/mol. The number of nitrogens with two attached hydrogens (primary N) is 1. The van der Waals surface area contributed by atoms with Gasteiger partial charge in [-0.25, -0.2) is 4.98 Å². The van der Waals surface area contributed by atoms with E-state index >= 15 is 0 Å². The summed E-state index contributed by atoms with van der Waals surface area (Å²) in [6.07, 6.45) is 0. The quantitative estimate of drug-likeness (QED) is 0.797. The van der Waals surface area contributed by atoms with Crippen LogP contribution in [0.1, 0.15) is 27.3 Å². The minimum absolute atomic E-state index is 0.190. The maximum Gasteiger partial charge on any atom is 0.258 e. The average Bonchev–Trinajstić information content (AvgIpc) is 2.36. The molecule has 0 radical (unpaired) electrons. The lowest BCUT2D eigenvalue weighted by Gasteiger charge is -2.07.